The summed E-state index contributed by atoms with van der Waals surface area (Å²) in [6.07, 6.45) is 7.58. The molecule has 0 fully saturated rings. The van der Waals surface area contributed by atoms with Gasteiger partial charge in [-0.3, -0.25) is 14.4 Å². The molecule has 3 rings (SSSR count). The lowest BCUT2D eigenvalue weighted by atomic mass is 9.97. The summed E-state index contributed by atoms with van der Waals surface area (Å²) in [5.74, 6) is -1.68. The van der Waals surface area contributed by atoms with Gasteiger partial charge in [0.2, 0.25) is 0 Å². The molecule has 0 bridgehead atoms. The molecule has 0 saturated carbocycles. The first-order chi connectivity index (χ1) is 13.0. The van der Waals surface area contributed by atoms with Gasteiger partial charge in [-0.15, -0.1) is 0 Å². The molecular weight excluding hydrogens is 342 g/mol. The van der Waals surface area contributed by atoms with Crippen molar-refractivity contribution in [2.45, 2.75) is 58.0 Å². The number of hydrogen-bond donors (Lipinski definition) is 2. The number of para-hydroxylation sites is 1. The van der Waals surface area contributed by atoms with E-state index in [0.29, 0.717) is 6.54 Å². The molecule has 144 valence electrons. The fourth-order valence-corrected chi connectivity index (χ4v) is 3.76. The minimum Gasteiger partial charge on any atom is -0.348 e. The molecule has 0 spiro atoms. The maximum atomic E-state index is 12.8. The Bertz CT molecular complexity index is 770. The molecule has 1 atom stereocenters. The lowest BCUT2D eigenvalue weighted by Gasteiger charge is -2.22. The minimum atomic E-state index is -0.817. The zero-order chi connectivity index (χ0) is 19.4. The van der Waals surface area contributed by atoms with Crippen LogP contribution in [0.15, 0.2) is 35.9 Å². The van der Waals surface area contributed by atoms with Crippen molar-refractivity contribution < 1.29 is 14.4 Å². The standard InChI is InChI=1S/C21H27N3O3/c1-14(2)24-17-11-7-6-10-16(17)18(21(24)27)23-20(26)19(25)22-13-12-15-8-4-3-5-9-15/h6-8,10-11,14,18H,3-5,9,12-13H2,1-2H3,(H,22,25)(H,23,26)/t18-/m1/s1. The van der Waals surface area contributed by atoms with Gasteiger partial charge in [-0.1, -0.05) is 29.8 Å². The normalized spacial score (nSPS) is 18.9. The van der Waals surface area contributed by atoms with Gasteiger partial charge >= 0.3 is 11.8 Å². The molecule has 0 unspecified atom stereocenters. The molecule has 0 aromatic heterocycles. The fraction of sp³-hybridized carbons (Fsp3) is 0.476. The van der Waals surface area contributed by atoms with E-state index in [2.05, 4.69) is 16.7 Å². The van der Waals surface area contributed by atoms with E-state index in [9.17, 15) is 14.4 Å². The molecule has 0 radical (unpaired) electrons. The molecule has 6 heteroatoms. The van der Waals surface area contributed by atoms with Crippen molar-refractivity contribution in [2.24, 2.45) is 0 Å². The molecule has 2 aliphatic rings. The van der Waals surface area contributed by atoms with Gasteiger partial charge in [-0.05, 0) is 52.0 Å². The smallest absolute Gasteiger partial charge is 0.310 e. The minimum absolute atomic E-state index is 0.0295. The lowest BCUT2D eigenvalue weighted by molar-refractivity contribution is -0.140. The van der Waals surface area contributed by atoms with Gasteiger partial charge in [0.15, 0.2) is 0 Å². The van der Waals surface area contributed by atoms with Crippen LogP contribution in [0.5, 0.6) is 0 Å². The van der Waals surface area contributed by atoms with Gasteiger partial charge in [0, 0.05) is 23.8 Å². The molecule has 2 N–H and O–H groups in total. The van der Waals surface area contributed by atoms with Gasteiger partial charge in [-0.2, -0.15) is 0 Å². The highest BCUT2D eigenvalue weighted by Crippen LogP contribution is 2.36. The van der Waals surface area contributed by atoms with Crippen molar-refractivity contribution in [2.75, 3.05) is 11.4 Å². The zero-order valence-corrected chi connectivity index (χ0v) is 16.0. The summed E-state index contributed by atoms with van der Waals surface area (Å²) in [5.41, 5.74) is 2.85. The summed E-state index contributed by atoms with van der Waals surface area (Å²) in [4.78, 5) is 38.9. The molecular formula is C21H27N3O3. The summed E-state index contributed by atoms with van der Waals surface area (Å²) in [7, 11) is 0. The molecule has 1 aromatic rings. The molecule has 27 heavy (non-hydrogen) atoms. The molecule has 1 heterocycles. The average Bonchev–Trinajstić information content (AvgIpc) is 2.94. The topological polar surface area (TPSA) is 78.5 Å². The SMILES string of the molecule is CC(C)N1C(=O)[C@H](NC(=O)C(=O)NCCC2=CCCCC2)c2ccccc21. The van der Waals surface area contributed by atoms with Crippen molar-refractivity contribution in [3.63, 3.8) is 0 Å². The Morgan fingerprint density at radius 2 is 1.96 bits per heavy atom. The third-order valence-electron chi connectivity index (χ3n) is 5.11. The molecule has 0 saturated heterocycles. The highest BCUT2D eigenvalue weighted by atomic mass is 16.2. The van der Waals surface area contributed by atoms with Gasteiger partial charge in [0.05, 0.1) is 0 Å². The van der Waals surface area contributed by atoms with E-state index in [0.717, 1.165) is 30.5 Å². The van der Waals surface area contributed by atoms with Gasteiger partial charge in [0.25, 0.3) is 5.91 Å². The zero-order valence-electron chi connectivity index (χ0n) is 16.0. The first-order valence-electron chi connectivity index (χ1n) is 9.67. The van der Waals surface area contributed by atoms with Crippen LogP contribution in [0.4, 0.5) is 5.69 Å². The number of hydrogen-bond acceptors (Lipinski definition) is 3. The van der Waals surface area contributed by atoms with Crippen LogP contribution in [0, 0.1) is 0 Å². The number of amides is 3. The number of carbonyl (C=O) groups is 3. The summed E-state index contributed by atoms with van der Waals surface area (Å²) in [6.45, 7) is 4.28. The molecule has 3 amide bonds. The van der Waals surface area contributed by atoms with Gasteiger partial charge < -0.3 is 15.5 Å². The Morgan fingerprint density at radius 3 is 2.67 bits per heavy atom. The second-order valence-electron chi connectivity index (χ2n) is 7.38. The first kappa shape index (κ1) is 19.1. The summed E-state index contributed by atoms with van der Waals surface area (Å²) in [6, 6.07) is 6.51. The molecule has 6 nitrogen and oxygen atoms in total. The lowest BCUT2D eigenvalue weighted by Crippen LogP contribution is -2.45. The van der Waals surface area contributed by atoms with Crippen molar-refractivity contribution in [1.82, 2.24) is 10.6 Å². The van der Waals surface area contributed by atoms with Crippen LogP contribution in [0.3, 0.4) is 0 Å². The van der Waals surface area contributed by atoms with E-state index in [1.165, 1.54) is 18.4 Å². The third kappa shape index (κ3) is 4.21. The summed E-state index contributed by atoms with van der Waals surface area (Å²) < 4.78 is 0. The van der Waals surface area contributed by atoms with E-state index in [-0.39, 0.29) is 11.9 Å². The van der Waals surface area contributed by atoms with Crippen molar-refractivity contribution >= 4 is 23.4 Å². The summed E-state index contributed by atoms with van der Waals surface area (Å²) >= 11 is 0. The summed E-state index contributed by atoms with van der Waals surface area (Å²) in [5, 5.41) is 5.26. The van der Waals surface area contributed by atoms with Crippen LogP contribution >= 0.6 is 0 Å². The number of benzene rings is 1. The van der Waals surface area contributed by atoms with Crippen LogP contribution in [0.2, 0.25) is 0 Å². The van der Waals surface area contributed by atoms with E-state index in [4.69, 9.17) is 0 Å². The van der Waals surface area contributed by atoms with Crippen LogP contribution < -0.4 is 15.5 Å². The number of carbonyl (C=O) groups excluding carboxylic acids is 3. The Kier molecular flexibility index (Phi) is 5.94. The quantitative estimate of drug-likeness (QED) is 0.619. The Hall–Kier alpha value is -2.63. The van der Waals surface area contributed by atoms with E-state index in [1.807, 2.05) is 38.1 Å². The maximum absolute atomic E-state index is 12.8. The number of anilines is 1. The van der Waals surface area contributed by atoms with E-state index < -0.39 is 17.9 Å². The average molecular weight is 369 g/mol. The fourth-order valence-electron chi connectivity index (χ4n) is 3.76. The molecule has 1 aliphatic heterocycles. The van der Waals surface area contributed by atoms with E-state index in [1.54, 1.807) is 4.90 Å². The first-order valence-corrected chi connectivity index (χ1v) is 9.67. The number of nitrogens with one attached hydrogen (secondary N) is 2. The van der Waals surface area contributed by atoms with E-state index >= 15 is 0 Å². The Morgan fingerprint density at radius 1 is 1.19 bits per heavy atom. The Labute approximate surface area is 160 Å². The van der Waals surface area contributed by atoms with Crippen LogP contribution in [0.1, 0.15) is 57.6 Å². The molecule has 1 aromatic carbocycles. The number of rotatable bonds is 5. The Balaban J connectivity index is 1.59. The van der Waals surface area contributed by atoms with Crippen molar-refractivity contribution in [3.8, 4) is 0 Å². The van der Waals surface area contributed by atoms with Crippen molar-refractivity contribution in [1.29, 1.82) is 0 Å². The predicted octanol–water partition coefficient (Wildman–Crippen LogP) is 2.61. The van der Waals surface area contributed by atoms with Crippen LogP contribution in [-0.2, 0) is 14.4 Å². The predicted molar refractivity (Wildman–Crippen MR) is 104 cm³/mol. The highest BCUT2D eigenvalue weighted by molar-refractivity contribution is 6.35. The number of nitrogens with zero attached hydrogens (tertiary/aromatic N) is 1. The van der Waals surface area contributed by atoms with Gasteiger partial charge in [0.1, 0.15) is 6.04 Å². The molecule has 1 aliphatic carbocycles. The largest absolute Gasteiger partial charge is 0.348 e. The van der Waals surface area contributed by atoms with Gasteiger partial charge in [-0.25, -0.2) is 0 Å². The second kappa shape index (κ2) is 8.37. The van der Waals surface area contributed by atoms with Crippen LogP contribution in [0.25, 0.3) is 0 Å². The van der Waals surface area contributed by atoms with Crippen LogP contribution in [-0.4, -0.2) is 30.3 Å². The highest BCUT2D eigenvalue weighted by Gasteiger charge is 2.39. The number of fused-ring (bicyclic) bond motifs is 1. The second-order valence-corrected chi connectivity index (χ2v) is 7.38. The maximum Gasteiger partial charge on any atom is 0.310 e. The monoisotopic (exact) mass is 369 g/mol. The third-order valence-corrected chi connectivity index (χ3v) is 5.11. The van der Waals surface area contributed by atoms with Crippen molar-refractivity contribution in [3.05, 3.63) is 41.5 Å². The number of allylic oxidation sites excluding steroid dienone is 1.